The SMILES string of the molecule is NC(=O)N(O)[N+](=O)[O-]. The molecule has 0 bridgehead atoms. The van der Waals surface area contributed by atoms with Gasteiger partial charge in [-0.25, -0.2) is 20.1 Å². The first-order chi connectivity index (χ1) is 3.55. The van der Waals surface area contributed by atoms with E-state index in [1.807, 2.05) is 0 Å². The molecule has 0 aromatic carbocycles. The van der Waals surface area contributed by atoms with Gasteiger partial charge in [-0.05, 0) is 0 Å². The number of nitro groups is 1. The van der Waals surface area contributed by atoms with Crippen molar-refractivity contribution in [1.29, 1.82) is 0 Å². The van der Waals surface area contributed by atoms with Crippen LogP contribution in [0, 0.1) is 10.1 Å². The lowest BCUT2D eigenvalue weighted by atomic mass is 11.1. The quantitative estimate of drug-likeness (QED) is 0.262. The summed E-state index contributed by atoms with van der Waals surface area (Å²) in [6.07, 6.45) is 0. The first kappa shape index (κ1) is 6.63. The molecular formula is CH3N3O4. The van der Waals surface area contributed by atoms with E-state index in [2.05, 4.69) is 5.73 Å². The Balaban J connectivity index is 3.83. The molecule has 0 saturated carbocycles. The van der Waals surface area contributed by atoms with Gasteiger partial charge in [0.25, 0.3) is 0 Å². The summed E-state index contributed by atoms with van der Waals surface area (Å²) in [5, 5.41) is 15.0. The van der Waals surface area contributed by atoms with E-state index in [1.165, 1.54) is 0 Å². The number of carbonyl (C=O) groups is 1. The molecule has 0 unspecified atom stereocenters. The zero-order valence-electron chi connectivity index (χ0n) is 3.64. The van der Waals surface area contributed by atoms with Gasteiger partial charge in [-0.1, -0.05) is 0 Å². The molecular weight excluding hydrogens is 118 g/mol. The van der Waals surface area contributed by atoms with Gasteiger partial charge in [-0.2, -0.15) is 0 Å². The number of rotatable bonds is 1. The van der Waals surface area contributed by atoms with Crippen LogP contribution in [0.4, 0.5) is 4.79 Å². The minimum Gasteiger partial charge on any atom is -0.345 e. The predicted molar refractivity (Wildman–Crippen MR) is 20.2 cm³/mol. The molecule has 7 nitrogen and oxygen atoms in total. The van der Waals surface area contributed by atoms with Gasteiger partial charge in [-0.15, -0.1) is 0 Å². The van der Waals surface area contributed by atoms with E-state index in [9.17, 15) is 14.9 Å². The van der Waals surface area contributed by atoms with Crippen LogP contribution < -0.4 is 5.73 Å². The minimum atomic E-state index is -1.52. The van der Waals surface area contributed by atoms with Gasteiger partial charge in [0.2, 0.25) is 0 Å². The second kappa shape index (κ2) is 2.07. The Labute approximate surface area is 43.4 Å². The summed E-state index contributed by atoms with van der Waals surface area (Å²) in [6.45, 7) is 0. The lowest BCUT2D eigenvalue weighted by molar-refractivity contribution is -0.702. The average Bonchev–Trinajstić information content (AvgIpc) is 1.64. The second-order valence-corrected chi connectivity index (χ2v) is 0.866. The molecule has 0 fully saturated rings. The molecule has 8 heavy (non-hydrogen) atoms. The summed E-state index contributed by atoms with van der Waals surface area (Å²) >= 11 is 0. The van der Waals surface area contributed by atoms with Crippen molar-refractivity contribution in [1.82, 2.24) is 5.17 Å². The predicted octanol–water partition coefficient (Wildman–Crippen LogP) is -1.05. The Bertz CT molecular complexity index is 106. The van der Waals surface area contributed by atoms with Gasteiger partial charge in [0.1, 0.15) is 0 Å². The normalized spacial score (nSPS) is 8.12. The molecule has 0 heterocycles. The number of hydrazine groups is 1. The van der Waals surface area contributed by atoms with Crippen LogP contribution in [0.3, 0.4) is 0 Å². The number of nitrogens with zero attached hydrogens (tertiary/aromatic N) is 2. The summed E-state index contributed by atoms with van der Waals surface area (Å²) in [5.74, 6) is 0. The molecule has 3 N–H and O–H groups in total. The van der Waals surface area contributed by atoms with Crippen molar-refractivity contribution in [3.8, 4) is 0 Å². The summed E-state index contributed by atoms with van der Waals surface area (Å²) < 4.78 is 0. The molecule has 0 aliphatic rings. The molecule has 0 spiro atoms. The molecule has 0 saturated heterocycles. The van der Waals surface area contributed by atoms with Crippen LogP contribution in [0.15, 0.2) is 0 Å². The molecule has 0 atom stereocenters. The van der Waals surface area contributed by atoms with Crippen molar-refractivity contribution in [2.45, 2.75) is 0 Å². The molecule has 0 rings (SSSR count). The highest BCUT2D eigenvalue weighted by Gasteiger charge is 2.16. The van der Waals surface area contributed by atoms with Gasteiger partial charge in [0, 0.05) is 0 Å². The fourth-order valence-corrected chi connectivity index (χ4v) is 0.0805. The zero-order valence-corrected chi connectivity index (χ0v) is 3.64. The number of hydrogen-bond acceptors (Lipinski definition) is 4. The number of nitrogens with two attached hydrogens (primary N) is 1. The highest BCUT2D eigenvalue weighted by Crippen LogP contribution is 1.76. The van der Waals surface area contributed by atoms with E-state index in [-0.39, 0.29) is 0 Å². The number of carbonyl (C=O) groups excluding carboxylic acids is 1. The molecule has 0 aromatic rings. The van der Waals surface area contributed by atoms with Crippen LogP contribution in [0.1, 0.15) is 0 Å². The number of urea groups is 1. The molecule has 0 aliphatic carbocycles. The van der Waals surface area contributed by atoms with E-state index < -0.39 is 16.2 Å². The third-order valence-electron chi connectivity index (χ3n) is 0.352. The third-order valence-corrected chi connectivity index (χ3v) is 0.352. The number of hydroxylamine groups is 1. The first-order valence-electron chi connectivity index (χ1n) is 1.48. The number of amides is 2. The van der Waals surface area contributed by atoms with Gasteiger partial charge >= 0.3 is 6.03 Å². The largest absolute Gasteiger partial charge is 0.405 e. The van der Waals surface area contributed by atoms with E-state index in [1.54, 1.807) is 0 Å². The maximum Gasteiger partial charge on any atom is 0.405 e. The summed E-state index contributed by atoms with van der Waals surface area (Å²) in [7, 11) is 0. The molecule has 0 aliphatic heterocycles. The standard InChI is InChI=1S/CH3N3O4/c2-1(5)3(6)4(7)8/h6H,(H2,2,5). The van der Waals surface area contributed by atoms with Crippen molar-refractivity contribution >= 4 is 6.03 Å². The van der Waals surface area contributed by atoms with E-state index in [4.69, 9.17) is 5.21 Å². The Hall–Kier alpha value is -1.37. The summed E-state index contributed by atoms with van der Waals surface area (Å²) in [5.41, 5.74) is 4.23. The van der Waals surface area contributed by atoms with Gasteiger partial charge in [-0.3, -0.25) is 0 Å². The zero-order chi connectivity index (χ0) is 6.73. The van der Waals surface area contributed by atoms with Crippen LogP contribution in [0.25, 0.3) is 0 Å². The monoisotopic (exact) mass is 121 g/mol. The van der Waals surface area contributed by atoms with Crippen molar-refractivity contribution in [3.05, 3.63) is 10.1 Å². The van der Waals surface area contributed by atoms with Gasteiger partial charge in [0.05, 0.1) is 5.17 Å². The summed E-state index contributed by atoms with van der Waals surface area (Å²) in [4.78, 5) is 18.9. The van der Waals surface area contributed by atoms with E-state index in [0.717, 1.165) is 0 Å². The second-order valence-electron chi connectivity index (χ2n) is 0.866. The van der Waals surface area contributed by atoms with Crippen LogP contribution in [0.2, 0.25) is 0 Å². The fourth-order valence-electron chi connectivity index (χ4n) is 0.0805. The Morgan fingerprint density at radius 2 is 2.25 bits per heavy atom. The number of hydrogen-bond donors (Lipinski definition) is 2. The fraction of sp³-hybridized carbons (Fsp3) is 0. The van der Waals surface area contributed by atoms with Gasteiger partial charge in [0.15, 0.2) is 5.03 Å². The molecule has 0 radical (unpaired) electrons. The first-order valence-corrected chi connectivity index (χ1v) is 1.48. The molecule has 7 heteroatoms. The number of primary amides is 1. The maximum absolute atomic E-state index is 9.60. The highest BCUT2D eigenvalue weighted by atomic mass is 16.8. The third kappa shape index (κ3) is 1.39. The lowest BCUT2D eigenvalue weighted by Gasteiger charge is -1.95. The Morgan fingerprint density at radius 1 is 1.88 bits per heavy atom. The molecule has 0 aromatic heterocycles. The lowest BCUT2D eigenvalue weighted by Crippen LogP contribution is -2.37. The van der Waals surface area contributed by atoms with Crippen molar-refractivity contribution in [2.75, 3.05) is 0 Å². The maximum atomic E-state index is 9.60. The smallest absolute Gasteiger partial charge is 0.345 e. The summed E-state index contributed by atoms with van der Waals surface area (Å²) in [6, 6.07) is -1.52. The average molecular weight is 121 g/mol. The van der Waals surface area contributed by atoms with Crippen LogP contribution in [-0.4, -0.2) is 21.4 Å². The Morgan fingerprint density at radius 3 is 2.25 bits per heavy atom. The van der Waals surface area contributed by atoms with Crippen LogP contribution in [-0.2, 0) is 0 Å². The van der Waals surface area contributed by atoms with E-state index in [0.29, 0.717) is 0 Å². The van der Waals surface area contributed by atoms with Crippen molar-refractivity contribution < 1.29 is 15.0 Å². The minimum absolute atomic E-state index is 0.806. The highest BCUT2D eigenvalue weighted by molar-refractivity contribution is 5.69. The van der Waals surface area contributed by atoms with Crippen LogP contribution >= 0.6 is 0 Å². The van der Waals surface area contributed by atoms with Crippen molar-refractivity contribution in [2.24, 2.45) is 5.73 Å². The van der Waals surface area contributed by atoms with Crippen LogP contribution in [0.5, 0.6) is 0 Å². The van der Waals surface area contributed by atoms with Gasteiger partial charge < -0.3 is 5.73 Å². The molecule has 2 amide bonds. The van der Waals surface area contributed by atoms with Crippen molar-refractivity contribution in [3.63, 3.8) is 0 Å². The topological polar surface area (TPSA) is 110 Å². The Kier molecular flexibility index (Phi) is 1.72. The molecule has 46 valence electrons. The van der Waals surface area contributed by atoms with E-state index >= 15 is 0 Å².